The topological polar surface area (TPSA) is 49.3 Å². The lowest BCUT2D eigenvalue weighted by molar-refractivity contribution is 0.0698. The molecular weight excluding hydrogens is 348 g/mol. The third-order valence-electron chi connectivity index (χ3n) is 4.31. The van der Waals surface area contributed by atoms with Crippen molar-refractivity contribution >= 4 is 17.3 Å². The number of hydrogen-bond donors (Lipinski definition) is 2. The summed E-state index contributed by atoms with van der Waals surface area (Å²) in [6.45, 7) is 0. The second-order valence-corrected chi connectivity index (χ2v) is 6.27. The highest BCUT2D eigenvalue weighted by Gasteiger charge is 2.09. The predicted molar refractivity (Wildman–Crippen MR) is 102 cm³/mol. The zero-order valence-electron chi connectivity index (χ0n) is 14.6. The number of carboxylic acid groups (broad SMARTS) is 1. The molecule has 0 aliphatic rings. The van der Waals surface area contributed by atoms with E-state index in [1.54, 1.807) is 30.3 Å². The molecule has 0 spiro atoms. The van der Waals surface area contributed by atoms with E-state index in [0.29, 0.717) is 12.1 Å². The molecule has 0 amide bonds. The van der Waals surface area contributed by atoms with Crippen molar-refractivity contribution in [1.29, 1.82) is 0 Å². The van der Waals surface area contributed by atoms with Gasteiger partial charge in [-0.3, -0.25) is 0 Å². The molecule has 0 aliphatic carbocycles. The van der Waals surface area contributed by atoms with E-state index in [1.807, 2.05) is 24.3 Å². The van der Waals surface area contributed by atoms with Crippen LogP contribution < -0.4 is 5.32 Å². The Balaban J connectivity index is 1.57. The number of nitrogens with one attached hydrogen (secondary N) is 1. The quantitative estimate of drug-likeness (QED) is 0.573. The number of carbonyl (C=O) groups is 1. The maximum Gasteiger partial charge on any atom is 0.337 e. The molecule has 2 N–H and O–H groups in total. The molecule has 0 aromatic heterocycles. The number of carboxylic acids is 1. The number of anilines is 2. The number of rotatable bonds is 7. The second kappa shape index (κ2) is 8.45. The molecule has 3 aromatic rings. The lowest BCUT2D eigenvalue weighted by Crippen LogP contribution is -2.02. The Morgan fingerprint density at radius 1 is 0.852 bits per heavy atom. The van der Waals surface area contributed by atoms with Crippen molar-refractivity contribution in [2.75, 3.05) is 5.32 Å². The van der Waals surface area contributed by atoms with Crippen LogP contribution in [0.3, 0.4) is 0 Å². The van der Waals surface area contributed by atoms with E-state index in [4.69, 9.17) is 0 Å². The van der Waals surface area contributed by atoms with Crippen LogP contribution in [0.1, 0.15) is 27.9 Å². The van der Waals surface area contributed by atoms with E-state index in [-0.39, 0.29) is 5.56 Å². The Labute approximate surface area is 156 Å². The van der Waals surface area contributed by atoms with Gasteiger partial charge in [0, 0.05) is 5.69 Å². The molecule has 0 bridgehead atoms. The van der Waals surface area contributed by atoms with Crippen LogP contribution in [0.2, 0.25) is 0 Å². The zero-order valence-corrected chi connectivity index (χ0v) is 14.6. The van der Waals surface area contributed by atoms with Crippen molar-refractivity contribution in [2.24, 2.45) is 0 Å². The van der Waals surface area contributed by atoms with Gasteiger partial charge < -0.3 is 10.4 Å². The summed E-state index contributed by atoms with van der Waals surface area (Å²) in [7, 11) is 0. The largest absolute Gasteiger partial charge is 0.478 e. The average molecular weight is 367 g/mol. The van der Waals surface area contributed by atoms with Gasteiger partial charge in [0.2, 0.25) is 0 Å². The van der Waals surface area contributed by atoms with E-state index >= 15 is 0 Å². The first-order chi connectivity index (χ1) is 13.0. The van der Waals surface area contributed by atoms with Crippen LogP contribution in [0, 0.1) is 11.6 Å². The third-order valence-corrected chi connectivity index (χ3v) is 4.31. The molecule has 3 nitrogen and oxygen atoms in total. The molecule has 0 heterocycles. The normalized spacial score (nSPS) is 10.6. The molecular formula is C22H19F2NO2. The van der Waals surface area contributed by atoms with Crippen LogP contribution in [0.15, 0.2) is 66.7 Å². The van der Waals surface area contributed by atoms with Crippen molar-refractivity contribution in [2.45, 2.75) is 19.3 Å². The van der Waals surface area contributed by atoms with Crippen LogP contribution >= 0.6 is 0 Å². The fraction of sp³-hybridized carbons (Fsp3) is 0.136. The average Bonchev–Trinajstić information content (AvgIpc) is 2.66. The van der Waals surface area contributed by atoms with Gasteiger partial charge in [0.1, 0.15) is 0 Å². The Kier molecular flexibility index (Phi) is 5.81. The molecule has 0 unspecified atom stereocenters. The van der Waals surface area contributed by atoms with Gasteiger partial charge in [-0.15, -0.1) is 0 Å². The van der Waals surface area contributed by atoms with Gasteiger partial charge in [0.15, 0.2) is 11.6 Å². The summed E-state index contributed by atoms with van der Waals surface area (Å²) in [4.78, 5) is 11.3. The number of benzene rings is 3. The Bertz CT molecular complexity index is 939. The molecule has 5 heteroatoms. The number of hydrogen-bond acceptors (Lipinski definition) is 2. The van der Waals surface area contributed by atoms with Crippen LogP contribution in [-0.4, -0.2) is 11.1 Å². The first-order valence-electron chi connectivity index (χ1n) is 8.65. The standard InChI is InChI=1S/C22H19F2NO2/c23-19-13-10-16(14-20(19)24)5-3-4-15-8-11-17(12-9-15)25-21-7-2-1-6-18(21)22(26)27/h1-2,6-14,25H,3-5H2,(H,26,27). The van der Waals surface area contributed by atoms with Crippen LogP contribution in [-0.2, 0) is 12.8 Å². The Hall–Kier alpha value is -3.21. The summed E-state index contributed by atoms with van der Waals surface area (Å²) in [5.41, 5.74) is 3.45. The molecule has 0 radical (unpaired) electrons. The van der Waals surface area contributed by atoms with Crippen LogP contribution in [0.4, 0.5) is 20.2 Å². The van der Waals surface area contributed by atoms with Crippen molar-refractivity contribution in [3.63, 3.8) is 0 Å². The molecule has 0 atom stereocenters. The summed E-state index contributed by atoms with van der Waals surface area (Å²) in [6.07, 6.45) is 2.30. The fourth-order valence-electron chi connectivity index (χ4n) is 2.88. The lowest BCUT2D eigenvalue weighted by Gasteiger charge is -2.10. The molecule has 0 fully saturated rings. The van der Waals surface area contributed by atoms with Gasteiger partial charge in [-0.2, -0.15) is 0 Å². The summed E-state index contributed by atoms with van der Waals surface area (Å²) in [5, 5.41) is 12.3. The minimum absolute atomic E-state index is 0.216. The van der Waals surface area contributed by atoms with Crippen LogP contribution in [0.25, 0.3) is 0 Å². The predicted octanol–water partition coefficient (Wildman–Crippen LogP) is 5.58. The van der Waals surface area contributed by atoms with Gasteiger partial charge in [0.25, 0.3) is 0 Å². The molecule has 0 saturated carbocycles. The number of aromatic carboxylic acids is 1. The summed E-state index contributed by atoms with van der Waals surface area (Å²) >= 11 is 0. The van der Waals surface area contributed by atoms with Gasteiger partial charge in [0.05, 0.1) is 11.3 Å². The van der Waals surface area contributed by atoms with E-state index in [0.717, 1.165) is 35.7 Å². The number of para-hydroxylation sites is 1. The highest BCUT2D eigenvalue weighted by atomic mass is 19.2. The fourth-order valence-corrected chi connectivity index (χ4v) is 2.88. The van der Waals surface area contributed by atoms with Crippen molar-refractivity contribution in [1.82, 2.24) is 0 Å². The van der Waals surface area contributed by atoms with E-state index in [1.165, 1.54) is 6.07 Å². The monoisotopic (exact) mass is 367 g/mol. The van der Waals surface area contributed by atoms with Crippen molar-refractivity contribution < 1.29 is 18.7 Å². The maximum absolute atomic E-state index is 13.2. The van der Waals surface area contributed by atoms with E-state index in [9.17, 15) is 18.7 Å². The third kappa shape index (κ3) is 4.91. The SMILES string of the molecule is O=C(O)c1ccccc1Nc1ccc(CCCc2ccc(F)c(F)c2)cc1. The van der Waals surface area contributed by atoms with E-state index in [2.05, 4.69) is 5.32 Å². The molecule has 138 valence electrons. The van der Waals surface area contributed by atoms with E-state index < -0.39 is 17.6 Å². The second-order valence-electron chi connectivity index (χ2n) is 6.27. The minimum atomic E-state index is -0.980. The van der Waals surface area contributed by atoms with Crippen molar-refractivity contribution in [3.05, 3.63) is 95.1 Å². The first kappa shape index (κ1) is 18.6. The Morgan fingerprint density at radius 3 is 2.22 bits per heavy atom. The maximum atomic E-state index is 13.2. The summed E-state index contributed by atoms with van der Waals surface area (Å²) in [6, 6.07) is 18.5. The molecule has 3 aromatic carbocycles. The van der Waals surface area contributed by atoms with Gasteiger partial charge in [-0.25, -0.2) is 13.6 Å². The highest BCUT2D eigenvalue weighted by molar-refractivity contribution is 5.95. The van der Waals surface area contributed by atoms with Gasteiger partial charge in [-0.1, -0.05) is 30.3 Å². The van der Waals surface area contributed by atoms with Gasteiger partial charge in [-0.05, 0) is 66.8 Å². The molecule has 3 rings (SSSR count). The smallest absolute Gasteiger partial charge is 0.337 e. The molecule has 27 heavy (non-hydrogen) atoms. The first-order valence-corrected chi connectivity index (χ1v) is 8.65. The summed E-state index contributed by atoms with van der Waals surface area (Å²) < 4.78 is 26.1. The number of aryl methyl sites for hydroxylation is 2. The number of halogens is 2. The van der Waals surface area contributed by atoms with Crippen LogP contribution in [0.5, 0.6) is 0 Å². The summed E-state index contributed by atoms with van der Waals surface area (Å²) in [5.74, 6) is -2.62. The van der Waals surface area contributed by atoms with Gasteiger partial charge >= 0.3 is 5.97 Å². The Morgan fingerprint density at radius 2 is 1.52 bits per heavy atom. The lowest BCUT2D eigenvalue weighted by atomic mass is 10.0. The van der Waals surface area contributed by atoms with Crippen molar-refractivity contribution in [3.8, 4) is 0 Å². The molecule has 0 aliphatic heterocycles. The highest BCUT2D eigenvalue weighted by Crippen LogP contribution is 2.22. The zero-order chi connectivity index (χ0) is 19.2. The minimum Gasteiger partial charge on any atom is -0.478 e. The molecule has 0 saturated heterocycles.